The molecule has 2 rings (SSSR count). The number of rotatable bonds is 6. The summed E-state index contributed by atoms with van der Waals surface area (Å²) in [5, 5.41) is 3.09. The summed E-state index contributed by atoms with van der Waals surface area (Å²) in [6.07, 6.45) is 6.96. The summed E-state index contributed by atoms with van der Waals surface area (Å²) in [5.41, 5.74) is 1.22. The van der Waals surface area contributed by atoms with Crippen molar-refractivity contribution in [1.29, 1.82) is 0 Å². The molecule has 5 heteroatoms. The van der Waals surface area contributed by atoms with Crippen molar-refractivity contribution < 1.29 is 8.42 Å². The standard InChI is InChI=1S/C13H22N2O2S/c1-2-6-15-7-5-12(11-15)9-14-10-13-4-3-8-18(13,16)17/h5,7,11,13-14H,2-4,6,8-10H2,1H3. The third-order valence-electron chi connectivity index (χ3n) is 3.46. The number of nitrogens with zero attached hydrogens (tertiary/aromatic N) is 1. The Morgan fingerprint density at radius 3 is 3.00 bits per heavy atom. The van der Waals surface area contributed by atoms with Crippen LogP contribution >= 0.6 is 0 Å². The Hall–Kier alpha value is -0.810. The third kappa shape index (κ3) is 3.36. The van der Waals surface area contributed by atoms with Crippen LogP contribution in [0.3, 0.4) is 0 Å². The van der Waals surface area contributed by atoms with Gasteiger partial charge in [-0.25, -0.2) is 8.42 Å². The zero-order valence-corrected chi connectivity index (χ0v) is 11.7. The molecule has 1 aromatic heterocycles. The average Bonchev–Trinajstić information content (AvgIpc) is 2.87. The number of aryl methyl sites for hydroxylation is 1. The van der Waals surface area contributed by atoms with E-state index in [9.17, 15) is 8.42 Å². The minimum Gasteiger partial charge on any atom is -0.354 e. The van der Waals surface area contributed by atoms with E-state index >= 15 is 0 Å². The summed E-state index contributed by atoms with van der Waals surface area (Å²) >= 11 is 0. The second kappa shape index (κ2) is 5.89. The first-order valence-corrected chi connectivity index (χ1v) is 8.40. The van der Waals surface area contributed by atoms with E-state index in [1.165, 1.54) is 5.56 Å². The molecule has 1 unspecified atom stereocenters. The van der Waals surface area contributed by atoms with E-state index in [1.54, 1.807) is 0 Å². The van der Waals surface area contributed by atoms with Crippen LogP contribution in [0.15, 0.2) is 18.5 Å². The molecule has 0 amide bonds. The van der Waals surface area contributed by atoms with Gasteiger partial charge >= 0.3 is 0 Å². The molecule has 1 aliphatic rings. The average molecular weight is 270 g/mol. The topological polar surface area (TPSA) is 51.1 Å². The quantitative estimate of drug-likeness (QED) is 0.853. The molecule has 18 heavy (non-hydrogen) atoms. The molecule has 1 aliphatic heterocycles. The zero-order valence-electron chi connectivity index (χ0n) is 10.9. The highest BCUT2D eigenvalue weighted by Crippen LogP contribution is 2.19. The lowest BCUT2D eigenvalue weighted by molar-refractivity contribution is 0.573. The molecule has 2 heterocycles. The molecular weight excluding hydrogens is 248 g/mol. The van der Waals surface area contributed by atoms with Gasteiger partial charge in [0.25, 0.3) is 0 Å². The van der Waals surface area contributed by atoms with Gasteiger partial charge in [0.05, 0.1) is 11.0 Å². The Kier molecular flexibility index (Phi) is 4.45. The molecule has 1 saturated heterocycles. The predicted octanol–water partition coefficient (Wildman–Crippen LogP) is 1.56. The molecule has 0 aromatic carbocycles. The first-order chi connectivity index (χ1) is 8.62. The summed E-state index contributed by atoms with van der Waals surface area (Å²) < 4.78 is 25.5. The van der Waals surface area contributed by atoms with Crippen molar-refractivity contribution in [2.45, 2.75) is 44.5 Å². The van der Waals surface area contributed by atoms with Gasteiger partial charge < -0.3 is 9.88 Å². The highest BCUT2D eigenvalue weighted by atomic mass is 32.2. The van der Waals surface area contributed by atoms with Gasteiger partial charge in [-0.15, -0.1) is 0 Å². The number of nitrogens with one attached hydrogen (secondary N) is 1. The summed E-state index contributed by atoms with van der Waals surface area (Å²) in [6.45, 7) is 4.53. The Morgan fingerprint density at radius 1 is 1.50 bits per heavy atom. The molecule has 4 nitrogen and oxygen atoms in total. The van der Waals surface area contributed by atoms with Gasteiger partial charge in [0.1, 0.15) is 0 Å². The molecule has 0 bridgehead atoms. The number of hydrogen-bond acceptors (Lipinski definition) is 3. The van der Waals surface area contributed by atoms with Crippen LogP contribution in [-0.4, -0.2) is 30.5 Å². The van der Waals surface area contributed by atoms with Crippen LogP contribution in [0.2, 0.25) is 0 Å². The van der Waals surface area contributed by atoms with Gasteiger partial charge in [0.15, 0.2) is 9.84 Å². The van der Waals surface area contributed by atoms with Gasteiger partial charge in [0, 0.05) is 32.0 Å². The smallest absolute Gasteiger partial charge is 0.154 e. The second-order valence-electron chi connectivity index (χ2n) is 5.02. The van der Waals surface area contributed by atoms with Crippen LogP contribution in [0.4, 0.5) is 0 Å². The van der Waals surface area contributed by atoms with E-state index in [0.29, 0.717) is 12.3 Å². The number of hydrogen-bond donors (Lipinski definition) is 1. The normalized spacial score (nSPS) is 22.4. The van der Waals surface area contributed by atoms with Crippen LogP contribution in [0.5, 0.6) is 0 Å². The van der Waals surface area contributed by atoms with Gasteiger partial charge in [-0.05, 0) is 30.9 Å². The molecular formula is C13H22N2O2S. The van der Waals surface area contributed by atoms with Crippen molar-refractivity contribution in [3.8, 4) is 0 Å². The predicted molar refractivity (Wildman–Crippen MR) is 73.2 cm³/mol. The minimum atomic E-state index is -2.81. The van der Waals surface area contributed by atoms with E-state index in [0.717, 1.165) is 32.4 Å². The molecule has 102 valence electrons. The molecule has 1 fully saturated rings. The highest BCUT2D eigenvalue weighted by Gasteiger charge is 2.30. The van der Waals surface area contributed by atoms with Gasteiger partial charge in [-0.1, -0.05) is 6.92 Å². The van der Waals surface area contributed by atoms with Gasteiger partial charge in [-0.3, -0.25) is 0 Å². The van der Waals surface area contributed by atoms with Crippen LogP contribution < -0.4 is 5.32 Å². The Morgan fingerprint density at radius 2 is 2.33 bits per heavy atom. The van der Waals surface area contributed by atoms with Crippen LogP contribution in [0, 0.1) is 0 Å². The van der Waals surface area contributed by atoms with Crippen LogP contribution in [-0.2, 0) is 22.9 Å². The largest absolute Gasteiger partial charge is 0.354 e. The third-order valence-corrected chi connectivity index (χ3v) is 5.73. The van der Waals surface area contributed by atoms with Gasteiger partial charge in [-0.2, -0.15) is 0 Å². The van der Waals surface area contributed by atoms with Crippen LogP contribution in [0.25, 0.3) is 0 Å². The fraction of sp³-hybridized carbons (Fsp3) is 0.692. The van der Waals surface area contributed by atoms with Crippen molar-refractivity contribution in [3.63, 3.8) is 0 Å². The molecule has 1 N–H and O–H groups in total. The summed E-state index contributed by atoms with van der Waals surface area (Å²) in [7, 11) is -2.81. The molecule has 1 atom stereocenters. The molecule has 0 spiro atoms. The lowest BCUT2D eigenvalue weighted by atomic mass is 10.2. The monoisotopic (exact) mass is 270 g/mol. The first-order valence-electron chi connectivity index (χ1n) is 6.69. The van der Waals surface area contributed by atoms with Crippen molar-refractivity contribution in [2.75, 3.05) is 12.3 Å². The van der Waals surface area contributed by atoms with Crippen LogP contribution in [0.1, 0.15) is 31.7 Å². The Bertz CT molecular complexity index is 479. The summed E-state index contributed by atoms with van der Waals surface area (Å²) in [5.74, 6) is 0.367. The molecule has 1 aromatic rings. The lowest BCUT2D eigenvalue weighted by Gasteiger charge is -2.09. The maximum Gasteiger partial charge on any atom is 0.154 e. The number of aromatic nitrogens is 1. The zero-order chi connectivity index (χ0) is 13.0. The first kappa shape index (κ1) is 13.6. The maximum absolute atomic E-state index is 11.6. The number of sulfone groups is 1. The maximum atomic E-state index is 11.6. The van der Waals surface area contributed by atoms with Crippen molar-refractivity contribution in [1.82, 2.24) is 9.88 Å². The molecule has 0 saturated carbocycles. The fourth-order valence-corrected chi connectivity index (χ4v) is 4.26. The van der Waals surface area contributed by atoms with E-state index in [4.69, 9.17) is 0 Å². The lowest BCUT2D eigenvalue weighted by Crippen LogP contribution is -2.30. The van der Waals surface area contributed by atoms with Crippen molar-refractivity contribution in [2.24, 2.45) is 0 Å². The Labute approximate surface area is 109 Å². The summed E-state index contributed by atoms with van der Waals surface area (Å²) in [4.78, 5) is 0. The highest BCUT2D eigenvalue weighted by molar-refractivity contribution is 7.92. The van der Waals surface area contributed by atoms with Crippen molar-refractivity contribution in [3.05, 3.63) is 24.0 Å². The van der Waals surface area contributed by atoms with E-state index < -0.39 is 9.84 Å². The van der Waals surface area contributed by atoms with Crippen molar-refractivity contribution >= 4 is 9.84 Å². The van der Waals surface area contributed by atoms with E-state index in [1.807, 2.05) is 0 Å². The fourth-order valence-electron chi connectivity index (χ4n) is 2.46. The minimum absolute atomic E-state index is 0.171. The molecule has 0 radical (unpaired) electrons. The van der Waals surface area contributed by atoms with E-state index in [2.05, 4.69) is 35.3 Å². The van der Waals surface area contributed by atoms with E-state index in [-0.39, 0.29) is 5.25 Å². The summed E-state index contributed by atoms with van der Waals surface area (Å²) in [6, 6.07) is 2.09. The molecule has 0 aliphatic carbocycles. The SMILES string of the molecule is CCCn1ccc(CNCC2CCCS2(=O)=O)c1. The second-order valence-corrected chi connectivity index (χ2v) is 7.42. The Balaban J connectivity index is 1.78. The van der Waals surface area contributed by atoms with Gasteiger partial charge in [0.2, 0.25) is 0 Å².